The van der Waals surface area contributed by atoms with Gasteiger partial charge in [-0.15, -0.1) is 0 Å². The summed E-state index contributed by atoms with van der Waals surface area (Å²) in [5.74, 6) is 0.395. The van der Waals surface area contributed by atoms with E-state index in [0.29, 0.717) is 6.54 Å². The number of piperidine rings is 1. The number of hydrogen-bond donors (Lipinski definition) is 3. The summed E-state index contributed by atoms with van der Waals surface area (Å²) < 4.78 is 0. The molecule has 4 rings (SSSR count). The fourth-order valence-corrected chi connectivity index (χ4v) is 6.13. The Kier molecular flexibility index (Phi) is 7.68. The molecule has 3 aliphatic rings. The molecule has 0 bridgehead atoms. The predicted octanol–water partition coefficient (Wildman–Crippen LogP) is 3.38. The summed E-state index contributed by atoms with van der Waals surface area (Å²) in [6.07, 6.45) is 10.2. The molecule has 1 amide bonds. The van der Waals surface area contributed by atoms with Crippen LogP contribution in [0.25, 0.3) is 0 Å². The van der Waals surface area contributed by atoms with E-state index >= 15 is 0 Å². The number of likely N-dealkylation sites (tertiary alicyclic amines) is 1. The number of hydrogen-bond acceptors (Lipinski definition) is 4. The molecule has 0 aromatic heterocycles. The van der Waals surface area contributed by atoms with Gasteiger partial charge < -0.3 is 15.5 Å². The number of aliphatic hydroxyl groups excluding tert-OH is 2. The van der Waals surface area contributed by atoms with Gasteiger partial charge >= 0.3 is 0 Å². The molecule has 1 heterocycles. The third-order valence-electron chi connectivity index (χ3n) is 8.21. The normalized spacial score (nSPS) is 31.8. The third kappa shape index (κ3) is 5.50. The highest BCUT2D eigenvalue weighted by Crippen LogP contribution is 2.40. The smallest absolute Gasteiger partial charge is 0.223 e. The number of nitrogens with one attached hydrogen (secondary N) is 1. The van der Waals surface area contributed by atoms with E-state index in [0.717, 1.165) is 64.5 Å². The van der Waals surface area contributed by atoms with Gasteiger partial charge in [-0.05, 0) is 56.9 Å². The van der Waals surface area contributed by atoms with Crippen LogP contribution in [-0.4, -0.2) is 58.9 Å². The molecule has 172 valence electrons. The summed E-state index contributed by atoms with van der Waals surface area (Å²) >= 11 is 0. The standard InChI is InChI=1S/C26H40N2O3/c29-22-13-17-28(18-14-22)23-11-15-26(16-12-24(23)30,21-9-5-2-6-10-21)19-27-25(31)20-7-3-1-4-8-20/h2,5-6,9-10,20,22-24,29-30H,1,3-4,7-8,11-19H2,(H,27,31)/t23-,24-,26-/m0/s1. The van der Waals surface area contributed by atoms with Crippen molar-refractivity contribution in [3.63, 3.8) is 0 Å². The number of nitrogens with zero attached hydrogens (tertiary/aromatic N) is 1. The highest BCUT2D eigenvalue weighted by molar-refractivity contribution is 5.78. The third-order valence-corrected chi connectivity index (χ3v) is 8.21. The fourth-order valence-electron chi connectivity index (χ4n) is 6.13. The molecule has 3 N–H and O–H groups in total. The second-order valence-electron chi connectivity index (χ2n) is 10.2. The van der Waals surface area contributed by atoms with Crippen LogP contribution in [0.2, 0.25) is 0 Å². The first-order chi connectivity index (χ1) is 15.1. The van der Waals surface area contributed by atoms with Crippen LogP contribution in [0.4, 0.5) is 0 Å². The molecule has 0 spiro atoms. The zero-order valence-electron chi connectivity index (χ0n) is 18.8. The predicted molar refractivity (Wildman–Crippen MR) is 123 cm³/mol. The average molecular weight is 429 g/mol. The van der Waals surface area contributed by atoms with Crippen LogP contribution in [0.5, 0.6) is 0 Å². The first kappa shape index (κ1) is 22.8. The zero-order valence-corrected chi connectivity index (χ0v) is 18.8. The molecule has 0 radical (unpaired) electrons. The minimum absolute atomic E-state index is 0.128. The Labute approximate surface area is 187 Å². The second kappa shape index (κ2) is 10.5. The molecule has 1 aromatic carbocycles. The lowest BCUT2D eigenvalue weighted by Crippen LogP contribution is -2.48. The summed E-state index contributed by atoms with van der Waals surface area (Å²) in [5, 5.41) is 24.3. The maximum Gasteiger partial charge on any atom is 0.223 e. The van der Waals surface area contributed by atoms with Crippen molar-refractivity contribution in [3.8, 4) is 0 Å². The van der Waals surface area contributed by atoms with Crippen molar-refractivity contribution in [1.82, 2.24) is 10.2 Å². The van der Waals surface area contributed by atoms with Gasteiger partial charge in [0.15, 0.2) is 0 Å². The van der Waals surface area contributed by atoms with Crippen molar-refractivity contribution in [2.24, 2.45) is 5.92 Å². The lowest BCUT2D eigenvalue weighted by molar-refractivity contribution is -0.126. The maximum atomic E-state index is 12.9. The van der Waals surface area contributed by atoms with Crippen LogP contribution in [0.15, 0.2) is 30.3 Å². The number of amides is 1. The quantitative estimate of drug-likeness (QED) is 0.629. The Morgan fingerprint density at radius 1 is 0.935 bits per heavy atom. The number of rotatable bonds is 5. The Bertz CT molecular complexity index is 698. The second-order valence-corrected chi connectivity index (χ2v) is 10.2. The van der Waals surface area contributed by atoms with Gasteiger partial charge in [-0.25, -0.2) is 0 Å². The molecule has 2 aliphatic carbocycles. The van der Waals surface area contributed by atoms with E-state index in [-0.39, 0.29) is 35.5 Å². The summed E-state index contributed by atoms with van der Waals surface area (Å²) in [4.78, 5) is 15.3. The van der Waals surface area contributed by atoms with Gasteiger partial charge in [0, 0.05) is 37.0 Å². The molecule has 1 aliphatic heterocycles. The molecule has 5 nitrogen and oxygen atoms in total. The maximum absolute atomic E-state index is 12.9. The van der Waals surface area contributed by atoms with E-state index in [2.05, 4.69) is 34.5 Å². The number of carbonyl (C=O) groups is 1. The lowest BCUT2D eigenvalue weighted by atomic mass is 9.74. The van der Waals surface area contributed by atoms with Crippen LogP contribution >= 0.6 is 0 Å². The molecule has 1 saturated heterocycles. The molecule has 3 atom stereocenters. The average Bonchev–Trinajstić information content (AvgIpc) is 2.99. The minimum Gasteiger partial charge on any atom is -0.393 e. The number of aliphatic hydroxyl groups is 2. The van der Waals surface area contributed by atoms with Crippen LogP contribution in [0, 0.1) is 5.92 Å². The molecule has 31 heavy (non-hydrogen) atoms. The van der Waals surface area contributed by atoms with E-state index in [9.17, 15) is 15.0 Å². The van der Waals surface area contributed by atoms with Gasteiger partial charge in [0.05, 0.1) is 12.2 Å². The van der Waals surface area contributed by atoms with Gasteiger partial charge in [-0.1, -0.05) is 49.6 Å². The van der Waals surface area contributed by atoms with Crippen molar-refractivity contribution < 1.29 is 15.0 Å². The molecule has 3 fully saturated rings. The van der Waals surface area contributed by atoms with E-state index in [1.165, 1.54) is 24.8 Å². The zero-order chi connectivity index (χ0) is 21.7. The van der Waals surface area contributed by atoms with Crippen LogP contribution in [0.3, 0.4) is 0 Å². The summed E-state index contributed by atoms with van der Waals surface area (Å²) in [6.45, 7) is 2.38. The van der Waals surface area contributed by atoms with Gasteiger partial charge in [-0.3, -0.25) is 9.69 Å². The van der Waals surface area contributed by atoms with Gasteiger partial charge in [0.1, 0.15) is 0 Å². The Morgan fingerprint density at radius 3 is 2.32 bits per heavy atom. The molecular formula is C26H40N2O3. The largest absolute Gasteiger partial charge is 0.393 e. The number of carbonyl (C=O) groups excluding carboxylic acids is 1. The first-order valence-electron chi connectivity index (χ1n) is 12.5. The van der Waals surface area contributed by atoms with Gasteiger partial charge in [0.25, 0.3) is 0 Å². The highest BCUT2D eigenvalue weighted by atomic mass is 16.3. The minimum atomic E-state index is -0.352. The van der Waals surface area contributed by atoms with E-state index in [1.54, 1.807) is 0 Å². The van der Waals surface area contributed by atoms with Crippen molar-refractivity contribution in [3.05, 3.63) is 35.9 Å². The molecule has 2 saturated carbocycles. The van der Waals surface area contributed by atoms with Crippen molar-refractivity contribution in [2.45, 2.75) is 94.3 Å². The van der Waals surface area contributed by atoms with Crippen LogP contribution < -0.4 is 5.32 Å². The van der Waals surface area contributed by atoms with Crippen molar-refractivity contribution >= 4 is 5.91 Å². The van der Waals surface area contributed by atoms with E-state index in [1.807, 2.05) is 6.07 Å². The Balaban J connectivity index is 1.48. The fraction of sp³-hybridized carbons (Fsp3) is 0.731. The topological polar surface area (TPSA) is 72.8 Å². The molecule has 0 unspecified atom stereocenters. The summed E-state index contributed by atoms with van der Waals surface area (Å²) in [7, 11) is 0. The van der Waals surface area contributed by atoms with Crippen molar-refractivity contribution in [2.75, 3.05) is 19.6 Å². The molecular weight excluding hydrogens is 388 g/mol. The highest BCUT2D eigenvalue weighted by Gasteiger charge is 2.40. The Morgan fingerprint density at radius 2 is 1.61 bits per heavy atom. The molecule has 5 heteroatoms. The molecule has 1 aromatic rings. The number of benzene rings is 1. The summed E-state index contributed by atoms with van der Waals surface area (Å²) in [6, 6.07) is 10.8. The van der Waals surface area contributed by atoms with Crippen LogP contribution in [0.1, 0.15) is 76.2 Å². The lowest BCUT2D eigenvalue weighted by Gasteiger charge is -2.38. The monoisotopic (exact) mass is 428 g/mol. The van der Waals surface area contributed by atoms with Crippen molar-refractivity contribution in [1.29, 1.82) is 0 Å². The Hall–Kier alpha value is -1.43. The van der Waals surface area contributed by atoms with Crippen LogP contribution in [-0.2, 0) is 10.2 Å². The first-order valence-corrected chi connectivity index (χ1v) is 12.5. The van der Waals surface area contributed by atoms with E-state index in [4.69, 9.17) is 0 Å². The SMILES string of the molecule is O=C(NC[C@@]1(c2ccccc2)CC[C@H](O)[C@@H](N2CCC(O)CC2)CC1)C1CCCCC1. The summed E-state index contributed by atoms with van der Waals surface area (Å²) in [5.41, 5.74) is 1.15. The van der Waals surface area contributed by atoms with Gasteiger partial charge in [0.2, 0.25) is 5.91 Å². The van der Waals surface area contributed by atoms with Gasteiger partial charge in [-0.2, -0.15) is 0 Å². The van der Waals surface area contributed by atoms with E-state index < -0.39 is 0 Å².